The molecule has 2 unspecified atom stereocenters. The number of thiophene rings is 1. The molecule has 1 amide bonds. The van der Waals surface area contributed by atoms with Gasteiger partial charge in [-0.15, -0.1) is 11.6 Å². The zero-order chi connectivity index (χ0) is 13.3. The molecular weight excluding hydrogens is 276 g/mol. The van der Waals surface area contributed by atoms with Crippen molar-refractivity contribution < 1.29 is 9.72 Å². The lowest BCUT2D eigenvalue weighted by Gasteiger charge is -2.24. The Morgan fingerprint density at radius 2 is 2.39 bits per heavy atom. The van der Waals surface area contributed by atoms with Crippen LogP contribution in [0.3, 0.4) is 0 Å². The number of nitrogens with zero attached hydrogens (tertiary/aromatic N) is 2. The zero-order valence-electron chi connectivity index (χ0n) is 9.84. The Morgan fingerprint density at radius 1 is 1.67 bits per heavy atom. The van der Waals surface area contributed by atoms with E-state index in [1.165, 1.54) is 12.1 Å². The molecule has 0 radical (unpaired) electrons. The number of hydrogen-bond acceptors (Lipinski definition) is 4. The van der Waals surface area contributed by atoms with E-state index in [9.17, 15) is 14.9 Å². The number of amides is 1. The number of halogens is 1. The lowest BCUT2D eigenvalue weighted by atomic mass is 10.1. The predicted molar refractivity (Wildman–Crippen MR) is 70.3 cm³/mol. The molecule has 0 spiro atoms. The molecule has 18 heavy (non-hydrogen) atoms. The van der Waals surface area contributed by atoms with Crippen LogP contribution in [-0.4, -0.2) is 34.2 Å². The Kier molecular flexibility index (Phi) is 3.87. The van der Waals surface area contributed by atoms with Crippen LogP contribution in [0.2, 0.25) is 0 Å². The quantitative estimate of drug-likeness (QED) is 0.488. The van der Waals surface area contributed by atoms with E-state index < -0.39 is 4.92 Å². The first-order valence-corrected chi connectivity index (χ1v) is 7.01. The summed E-state index contributed by atoms with van der Waals surface area (Å²) in [6.45, 7) is 2.74. The second kappa shape index (κ2) is 5.24. The number of rotatable bonds is 3. The molecule has 1 aromatic heterocycles. The van der Waals surface area contributed by atoms with E-state index in [1.807, 2.05) is 0 Å². The predicted octanol–water partition coefficient (Wildman–Crippen LogP) is 2.75. The van der Waals surface area contributed by atoms with Gasteiger partial charge in [0.25, 0.3) is 5.91 Å². The summed E-state index contributed by atoms with van der Waals surface area (Å²) >= 11 is 6.80. The van der Waals surface area contributed by atoms with Gasteiger partial charge in [0.05, 0.1) is 9.80 Å². The number of carbonyl (C=O) groups excluding carboxylic acids is 1. The molecule has 1 aromatic rings. The first-order valence-electron chi connectivity index (χ1n) is 5.65. The van der Waals surface area contributed by atoms with Crippen molar-refractivity contribution in [1.29, 1.82) is 0 Å². The van der Waals surface area contributed by atoms with Gasteiger partial charge < -0.3 is 4.90 Å². The Labute approximate surface area is 113 Å². The van der Waals surface area contributed by atoms with Gasteiger partial charge in [0, 0.05) is 24.5 Å². The third-order valence-corrected chi connectivity index (χ3v) is 4.63. The Balaban J connectivity index is 2.18. The normalized spacial score (nSPS) is 23.3. The molecule has 0 aromatic carbocycles. The smallest absolute Gasteiger partial charge is 0.324 e. The van der Waals surface area contributed by atoms with Gasteiger partial charge in [-0.1, -0.05) is 18.3 Å². The first kappa shape index (κ1) is 13.3. The van der Waals surface area contributed by atoms with Crippen LogP contribution in [0.4, 0.5) is 5.00 Å². The minimum atomic E-state index is -0.479. The van der Waals surface area contributed by atoms with Gasteiger partial charge in [0.2, 0.25) is 0 Å². The highest BCUT2D eigenvalue weighted by molar-refractivity contribution is 7.17. The lowest BCUT2D eigenvalue weighted by molar-refractivity contribution is -0.380. The molecule has 2 atom stereocenters. The van der Waals surface area contributed by atoms with Crippen LogP contribution in [-0.2, 0) is 0 Å². The van der Waals surface area contributed by atoms with E-state index in [1.54, 1.807) is 4.90 Å². The average Bonchev–Trinajstić information content (AvgIpc) is 2.94. The monoisotopic (exact) mass is 288 g/mol. The fourth-order valence-electron chi connectivity index (χ4n) is 2.18. The molecule has 7 heteroatoms. The summed E-state index contributed by atoms with van der Waals surface area (Å²) in [5.74, 6) is 0.630. The van der Waals surface area contributed by atoms with E-state index in [2.05, 4.69) is 6.92 Å². The molecule has 2 rings (SSSR count). The van der Waals surface area contributed by atoms with Crippen molar-refractivity contribution in [3.63, 3.8) is 0 Å². The van der Waals surface area contributed by atoms with Crippen molar-refractivity contribution in [2.75, 3.05) is 12.4 Å². The van der Waals surface area contributed by atoms with Gasteiger partial charge in [0.1, 0.15) is 0 Å². The van der Waals surface area contributed by atoms with Gasteiger partial charge >= 0.3 is 5.00 Å². The lowest BCUT2D eigenvalue weighted by Crippen LogP contribution is -2.38. The molecule has 5 nitrogen and oxygen atoms in total. The van der Waals surface area contributed by atoms with Crippen molar-refractivity contribution >= 4 is 33.8 Å². The summed E-state index contributed by atoms with van der Waals surface area (Å²) in [7, 11) is 0. The van der Waals surface area contributed by atoms with Gasteiger partial charge in [-0.25, -0.2) is 0 Å². The standard InChI is InChI=1S/C11H13ClN2O3S/c1-7-4-5-13(8(7)6-12)11(15)9-2-3-10(18-9)14(16)17/h2-3,7-8H,4-6H2,1H3. The molecule has 2 heterocycles. The van der Waals surface area contributed by atoms with Crippen LogP contribution in [0.25, 0.3) is 0 Å². The molecule has 1 aliphatic heterocycles. The maximum atomic E-state index is 12.3. The minimum absolute atomic E-state index is 0.00646. The van der Waals surface area contributed by atoms with Crippen molar-refractivity contribution in [1.82, 2.24) is 4.90 Å². The number of likely N-dealkylation sites (tertiary alicyclic amines) is 1. The van der Waals surface area contributed by atoms with Crippen LogP contribution in [0.15, 0.2) is 12.1 Å². The van der Waals surface area contributed by atoms with E-state index in [0.29, 0.717) is 23.2 Å². The SMILES string of the molecule is CC1CCN(C(=O)c2ccc([N+](=O)[O-])s2)C1CCl. The van der Waals surface area contributed by atoms with E-state index in [-0.39, 0.29) is 17.0 Å². The zero-order valence-corrected chi connectivity index (χ0v) is 11.4. The first-order chi connectivity index (χ1) is 8.54. The second-order valence-corrected chi connectivity index (χ2v) is 5.75. The molecule has 1 saturated heterocycles. The Bertz CT molecular complexity index is 477. The second-order valence-electron chi connectivity index (χ2n) is 4.38. The largest absolute Gasteiger partial charge is 0.333 e. The van der Waals surface area contributed by atoms with Gasteiger partial charge in [0.15, 0.2) is 0 Å². The van der Waals surface area contributed by atoms with E-state index in [4.69, 9.17) is 11.6 Å². The third kappa shape index (κ3) is 2.35. The maximum absolute atomic E-state index is 12.3. The van der Waals surface area contributed by atoms with Crippen LogP contribution in [0, 0.1) is 16.0 Å². The third-order valence-electron chi connectivity index (χ3n) is 3.28. The number of carbonyl (C=O) groups is 1. The minimum Gasteiger partial charge on any atom is -0.333 e. The van der Waals surface area contributed by atoms with Gasteiger partial charge in [-0.3, -0.25) is 14.9 Å². The van der Waals surface area contributed by atoms with Crippen molar-refractivity contribution in [2.45, 2.75) is 19.4 Å². The summed E-state index contributed by atoms with van der Waals surface area (Å²) in [6, 6.07) is 2.91. The van der Waals surface area contributed by atoms with Crippen molar-refractivity contribution in [3.05, 3.63) is 27.1 Å². The molecule has 0 saturated carbocycles. The molecule has 0 N–H and O–H groups in total. The van der Waals surface area contributed by atoms with Crippen LogP contribution in [0.1, 0.15) is 23.0 Å². The number of alkyl halides is 1. The van der Waals surface area contributed by atoms with E-state index >= 15 is 0 Å². The summed E-state index contributed by atoms with van der Waals surface area (Å²) < 4.78 is 0. The summed E-state index contributed by atoms with van der Waals surface area (Å²) in [5.41, 5.74) is 0. The van der Waals surface area contributed by atoms with Gasteiger partial charge in [-0.05, 0) is 18.4 Å². The van der Waals surface area contributed by atoms with Crippen LogP contribution >= 0.6 is 22.9 Å². The van der Waals surface area contributed by atoms with E-state index in [0.717, 1.165) is 17.8 Å². The molecule has 0 aliphatic carbocycles. The Morgan fingerprint density at radius 3 is 2.94 bits per heavy atom. The number of hydrogen-bond donors (Lipinski definition) is 0. The molecule has 98 valence electrons. The van der Waals surface area contributed by atoms with Crippen molar-refractivity contribution in [2.24, 2.45) is 5.92 Å². The van der Waals surface area contributed by atoms with Crippen molar-refractivity contribution in [3.8, 4) is 0 Å². The van der Waals surface area contributed by atoms with Crippen LogP contribution in [0.5, 0.6) is 0 Å². The topological polar surface area (TPSA) is 63.5 Å². The average molecular weight is 289 g/mol. The molecule has 1 fully saturated rings. The number of nitro groups is 1. The maximum Gasteiger partial charge on any atom is 0.324 e. The van der Waals surface area contributed by atoms with Crippen LogP contribution < -0.4 is 0 Å². The van der Waals surface area contributed by atoms with Gasteiger partial charge in [-0.2, -0.15) is 0 Å². The molecule has 0 bridgehead atoms. The highest BCUT2D eigenvalue weighted by Gasteiger charge is 2.35. The fourth-order valence-corrected chi connectivity index (χ4v) is 3.43. The summed E-state index contributed by atoms with van der Waals surface area (Å²) in [6.07, 6.45) is 0.927. The summed E-state index contributed by atoms with van der Waals surface area (Å²) in [5, 5.41) is 10.6. The highest BCUT2D eigenvalue weighted by Crippen LogP contribution is 2.30. The fraction of sp³-hybridized carbons (Fsp3) is 0.545. The Hall–Kier alpha value is -1.14. The molecular formula is C11H13ClN2O3S. The highest BCUT2D eigenvalue weighted by atomic mass is 35.5. The summed E-state index contributed by atoms with van der Waals surface area (Å²) in [4.78, 5) is 24.5. The molecule has 1 aliphatic rings.